The van der Waals surface area contributed by atoms with Gasteiger partial charge in [0.2, 0.25) is 0 Å². The van der Waals surface area contributed by atoms with Gasteiger partial charge in [-0.3, -0.25) is 9.11 Å². The van der Waals surface area contributed by atoms with E-state index < -0.39 is 41.5 Å². The van der Waals surface area contributed by atoms with Crippen LogP contribution in [0.15, 0.2) is 28.0 Å². The fourth-order valence-electron chi connectivity index (χ4n) is 1.65. The highest BCUT2D eigenvalue weighted by Crippen LogP contribution is 2.32. The molecule has 0 atom stereocenters. The van der Waals surface area contributed by atoms with E-state index in [-0.39, 0.29) is 10.8 Å². The summed E-state index contributed by atoms with van der Waals surface area (Å²) < 4.78 is 62.1. The van der Waals surface area contributed by atoms with Crippen LogP contribution in [0.1, 0.15) is 0 Å². The molecule has 2 aromatic carbocycles. The summed E-state index contributed by atoms with van der Waals surface area (Å²) in [6.07, 6.45) is 0. The van der Waals surface area contributed by atoms with Gasteiger partial charge in [0, 0.05) is 17.5 Å². The predicted molar refractivity (Wildman–Crippen MR) is 68.5 cm³/mol. The molecule has 0 amide bonds. The predicted octanol–water partition coefficient (Wildman–Crippen LogP) is 0.421. The quantitative estimate of drug-likeness (QED) is 0.458. The highest BCUT2D eigenvalue weighted by molar-refractivity contribution is 7.86. The van der Waals surface area contributed by atoms with Gasteiger partial charge in [-0.1, -0.05) is 0 Å². The zero-order chi connectivity index (χ0) is 15.3. The Morgan fingerprint density at radius 3 is 2.10 bits per heavy atom. The van der Waals surface area contributed by atoms with Crippen LogP contribution >= 0.6 is 0 Å². The number of rotatable bonds is 2. The third-order valence-corrected chi connectivity index (χ3v) is 4.23. The van der Waals surface area contributed by atoms with E-state index in [9.17, 15) is 21.9 Å². The molecule has 0 aliphatic rings. The molecular formula is C10H8NO7S2. The SMILES string of the molecule is Nc1[c]c2c(O)cc(S(=O)(=O)O)cc2cc1S(=O)(=O)O. The van der Waals surface area contributed by atoms with E-state index in [1.807, 2.05) is 0 Å². The summed E-state index contributed by atoms with van der Waals surface area (Å²) >= 11 is 0. The molecule has 0 heterocycles. The van der Waals surface area contributed by atoms with Crippen molar-refractivity contribution in [1.29, 1.82) is 0 Å². The minimum Gasteiger partial charge on any atom is -0.507 e. The van der Waals surface area contributed by atoms with Crippen molar-refractivity contribution >= 4 is 36.7 Å². The summed E-state index contributed by atoms with van der Waals surface area (Å²) in [5.41, 5.74) is 4.96. The summed E-state index contributed by atoms with van der Waals surface area (Å²) in [6, 6.07) is 4.87. The topological polar surface area (TPSA) is 155 Å². The highest BCUT2D eigenvalue weighted by atomic mass is 32.2. The van der Waals surface area contributed by atoms with Gasteiger partial charge >= 0.3 is 0 Å². The maximum absolute atomic E-state index is 11.1. The lowest BCUT2D eigenvalue weighted by molar-refractivity contribution is 0.471. The van der Waals surface area contributed by atoms with E-state index in [2.05, 4.69) is 6.07 Å². The van der Waals surface area contributed by atoms with Crippen molar-refractivity contribution in [2.75, 3.05) is 5.73 Å². The summed E-state index contributed by atoms with van der Waals surface area (Å²) in [5.74, 6) is -0.566. The minimum atomic E-state index is -4.64. The third kappa shape index (κ3) is 2.54. The second kappa shape index (κ2) is 4.31. The van der Waals surface area contributed by atoms with Gasteiger partial charge in [0.25, 0.3) is 20.2 Å². The number of phenols is 1. The van der Waals surface area contributed by atoms with E-state index in [1.165, 1.54) is 0 Å². The van der Waals surface area contributed by atoms with Gasteiger partial charge in [0.05, 0.1) is 10.6 Å². The molecule has 10 heteroatoms. The van der Waals surface area contributed by atoms with Crippen molar-refractivity contribution in [3.63, 3.8) is 0 Å². The maximum atomic E-state index is 11.1. The molecule has 107 valence electrons. The number of nitrogens with two attached hydrogens (primary N) is 1. The highest BCUT2D eigenvalue weighted by Gasteiger charge is 2.19. The second-order valence-electron chi connectivity index (χ2n) is 3.90. The molecule has 2 rings (SSSR count). The number of phenolic OH excluding ortho intramolecular Hbond substituents is 1. The fraction of sp³-hybridized carbons (Fsp3) is 0. The van der Waals surface area contributed by atoms with Crippen molar-refractivity contribution in [3.8, 4) is 5.75 Å². The Balaban J connectivity index is 2.93. The first-order valence-corrected chi connectivity index (χ1v) is 7.81. The molecule has 2 aromatic rings. The van der Waals surface area contributed by atoms with Crippen molar-refractivity contribution < 1.29 is 31.0 Å². The normalized spacial score (nSPS) is 12.7. The number of hydrogen-bond acceptors (Lipinski definition) is 6. The van der Waals surface area contributed by atoms with Crippen molar-refractivity contribution in [1.82, 2.24) is 0 Å². The van der Waals surface area contributed by atoms with Crippen LogP contribution in [0.2, 0.25) is 0 Å². The second-order valence-corrected chi connectivity index (χ2v) is 6.72. The Kier molecular flexibility index (Phi) is 3.13. The molecule has 0 saturated heterocycles. The fourth-order valence-corrected chi connectivity index (χ4v) is 2.79. The van der Waals surface area contributed by atoms with Crippen LogP contribution in [0.25, 0.3) is 10.8 Å². The molecule has 0 fully saturated rings. The molecule has 1 radical (unpaired) electrons. The van der Waals surface area contributed by atoms with Gasteiger partial charge < -0.3 is 10.8 Å². The summed E-state index contributed by atoms with van der Waals surface area (Å²) in [5, 5.41) is 9.52. The lowest BCUT2D eigenvalue weighted by atomic mass is 10.1. The van der Waals surface area contributed by atoms with Crippen LogP contribution in [0.3, 0.4) is 0 Å². The van der Waals surface area contributed by atoms with Crippen molar-refractivity contribution in [3.05, 3.63) is 24.3 Å². The van der Waals surface area contributed by atoms with Gasteiger partial charge in [-0.2, -0.15) is 16.8 Å². The molecule has 20 heavy (non-hydrogen) atoms. The van der Waals surface area contributed by atoms with Gasteiger partial charge in [-0.05, 0) is 17.5 Å². The first-order valence-electron chi connectivity index (χ1n) is 4.93. The van der Waals surface area contributed by atoms with Crippen LogP contribution in [0, 0.1) is 6.07 Å². The molecule has 0 aliphatic carbocycles. The number of fused-ring (bicyclic) bond motifs is 1. The molecule has 0 aliphatic heterocycles. The number of benzene rings is 2. The van der Waals surface area contributed by atoms with E-state index >= 15 is 0 Å². The lowest BCUT2D eigenvalue weighted by Crippen LogP contribution is -2.04. The maximum Gasteiger partial charge on any atom is 0.296 e. The first-order chi connectivity index (χ1) is 9.00. The van der Waals surface area contributed by atoms with Gasteiger partial charge in [-0.15, -0.1) is 0 Å². The number of nitrogen functional groups attached to an aromatic ring is 1. The summed E-state index contributed by atoms with van der Waals surface area (Å²) in [7, 11) is -9.23. The van der Waals surface area contributed by atoms with Gasteiger partial charge in [0.15, 0.2) is 0 Å². The Hall–Kier alpha value is -1.88. The zero-order valence-electron chi connectivity index (χ0n) is 9.60. The van der Waals surface area contributed by atoms with Crippen LogP contribution in [0.5, 0.6) is 5.75 Å². The standard InChI is InChI=1S/C10H8NO7S2/c11-8-4-7-5(2-10(8)20(16,17)18)1-6(3-9(7)12)19(13,14)15/h1-3,12H,11H2,(H,13,14,15)(H,16,17,18). The number of hydrogen-bond donors (Lipinski definition) is 4. The molecule has 0 spiro atoms. The van der Waals surface area contributed by atoms with E-state index in [0.717, 1.165) is 18.2 Å². The average molecular weight is 318 g/mol. The number of aromatic hydroxyl groups is 1. The van der Waals surface area contributed by atoms with Crippen LogP contribution in [0.4, 0.5) is 5.69 Å². The largest absolute Gasteiger partial charge is 0.507 e. The van der Waals surface area contributed by atoms with Crippen molar-refractivity contribution in [2.45, 2.75) is 9.79 Å². The van der Waals surface area contributed by atoms with E-state index in [0.29, 0.717) is 0 Å². The van der Waals surface area contributed by atoms with Crippen LogP contribution < -0.4 is 5.73 Å². The third-order valence-electron chi connectivity index (χ3n) is 2.51. The average Bonchev–Trinajstić information content (AvgIpc) is 2.26. The summed E-state index contributed by atoms with van der Waals surface area (Å²) in [6.45, 7) is 0. The smallest absolute Gasteiger partial charge is 0.296 e. The molecule has 0 aromatic heterocycles. The zero-order valence-corrected chi connectivity index (χ0v) is 11.2. The summed E-state index contributed by atoms with van der Waals surface area (Å²) in [4.78, 5) is -1.32. The Bertz CT molecular complexity index is 916. The minimum absolute atomic E-state index is 0.0534. The van der Waals surface area contributed by atoms with E-state index in [1.54, 1.807) is 0 Å². The van der Waals surface area contributed by atoms with Crippen molar-refractivity contribution in [2.24, 2.45) is 0 Å². The molecule has 0 unspecified atom stereocenters. The van der Waals surface area contributed by atoms with Crippen LogP contribution in [-0.2, 0) is 20.2 Å². The molecule has 5 N–H and O–H groups in total. The molecule has 0 saturated carbocycles. The molecular weight excluding hydrogens is 310 g/mol. The Morgan fingerprint density at radius 2 is 1.60 bits per heavy atom. The van der Waals surface area contributed by atoms with Crippen LogP contribution in [-0.4, -0.2) is 31.0 Å². The monoisotopic (exact) mass is 318 g/mol. The van der Waals surface area contributed by atoms with Gasteiger partial charge in [0.1, 0.15) is 10.6 Å². The lowest BCUT2D eigenvalue weighted by Gasteiger charge is -2.08. The molecule has 0 bridgehead atoms. The Morgan fingerprint density at radius 1 is 1.00 bits per heavy atom. The van der Waals surface area contributed by atoms with Gasteiger partial charge in [-0.25, -0.2) is 0 Å². The first kappa shape index (κ1) is 14.5. The van der Waals surface area contributed by atoms with E-state index in [4.69, 9.17) is 14.8 Å². The molecule has 8 nitrogen and oxygen atoms in total. The Labute approximate surface area is 114 Å². The number of anilines is 1.